The number of benzene rings is 4. The van der Waals surface area contributed by atoms with Crippen molar-refractivity contribution in [3.63, 3.8) is 0 Å². The Hall–Kier alpha value is -4.43. The van der Waals surface area contributed by atoms with E-state index in [0.717, 1.165) is 38.6 Å². The fraction of sp³-hybridized carbons (Fsp3) is 0.0714. The van der Waals surface area contributed by atoms with Crippen molar-refractivity contribution < 1.29 is 19.2 Å². The Balaban J connectivity index is 1.45. The number of ether oxygens (including phenoxy) is 1. The molecular weight excluding hydrogens is 476 g/mol. The summed E-state index contributed by atoms with van der Waals surface area (Å²) in [5, 5.41) is 12.4. The molecule has 1 aliphatic heterocycles. The summed E-state index contributed by atoms with van der Waals surface area (Å²) in [6.45, 7) is 0.397. The third-order valence-corrected chi connectivity index (χ3v) is 6.71. The minimum atomic E-state index is -0.492. The largest absolute Gasteiger partial charge is 0.488 e. The quantitative estimate of drug-likeness (QED) is 0.163. The van der Waals surface area contributed by atoms with Gasteiger partial charge in [0.1, 0.15) is 12.4 Å². The predicted molar refractivity (Wildman–Crippen MR) is 139 cm³/mol. The Labute approximate surface area is 211 Å². The van der Waals surface area contributed by atoms with Crippen LogP contribution in [0.25, 0.3) is 16.8 Å². The van der Waals surface area contributed by atoms with Gasteiger partial charge in [0.05, 0.1) is 16.4 Å². The molecule has 36 heavy (non-hydrogen) atoms. The van der Waals surface area contributed by atoms with Crippen molar-refractivity contribution in [2.24, 2.45) is 0 Å². The number of hydrogen-bond acceptors (Lipinski definition) is 6. The zero-order chi connectivity index (χ0) is 25.1. The summed E-state index contributed by atoms with van der Waals surface area (Å²) in [5.74, 6) is 0.199. The van der Waals surface area contributed by atoms with E-state index in [1.807, 2.05) is 66.7 Å². The third-order valence-electron chi connectivity index (χ3n) is 5.80. The van der Waals surface area contributed by atoms with Gasteiger partial charge in [-0.05, 0) is 45.8 Å². The summed E-state index contributed by atoms with van der Waals surface area (Å²) in [5.41, 5.74) is 2.32. The van der Waals surface area contributed by atoms with Crippen LogP contribution in [-0.4, -0.2) is 21.0 Å². The van der Waals surface area contributed by atoms with E-state index in [1.165, 1.54) is 12.1 Å². The van der Waals surface area contributed by atoms with Gasteiger partial charge in [0, 0.05) is 17.7 Å². The number of imide groups is 1. The second kappa shape index (κ2) is 10.1. The molecule has 1 saturated heterocycles. The first-order valence-electron chi connectivity index (χ1n) is 11.2. The highest BCUT2D eigenvalue weighted by Crippen LogP contribution is 2.37. The second-order valence-electron chi connectivity index (χ2n) is 8.16. The summed E-state index contributed by atoms with van der Waals surface area (Å²) in [4.78, 5) is 37.7. The number of non-ortho nitro benzene ring substituents is 1. The van der Waals surface area contributed by atoms with Gasteiger partial charge in [0.2, 0.25) is 0 Å². The molecular formula is C28H20N2O5S. The lowest BCUT2D eigenvalue weighted by Crippen LogP contribution is -2.27. The van der Waals surface area contributed by atoms with E-state index >= 15 is 0 Å². The highest BCUT2D eigenvalue weighted by Gasteiger charge is 2.35. The van der Waals surface area contributed by atoms with E-state index in [1.54, 1.807) is 18.2 Å². The molecule has 0 atom stereocenters. The van der Waals surface area contributed by atoms with Crippen molar-refractivity contribution in [1.82, 2.24) is 4.90 Å². The number of carbonyl (C=O) groups is 2. The highest BCUT2D eigenvalue weighted by atomic mass is 32.2. The molecule has 0 saturated carbocycles. The van der Waals surface area contributed by atoms with Gasteiger partial charge in [0.15, 0.2) is 0 Å². The Kier molecular flexibility index (Phi) is 6.51. The molecule has 1 heterocycles. The van der Waals surface area contributed by atoms with Gasteiger partial charge in [-0.1, -0.05) is 72.8 Å². The number of nitro benzene ring substituents is 1. The molecule has 0 bridgehead atoms. The van der Waals surface area contributed by atoms with E-state index in [2.05, 4.69) is 0 Å². The van der Waals surface area contributed by atoms with Gasteiger partial charge in [0.25, 0.3) is 16.8 Å². The zero-order valence-electron chi connectivity index (χ0n) is 19.0. The first-order chi connectivity index (χ1) is 17.5. The number of nitro groups is 1. The summed E-state index contributed by atoms with van der Waals surface area (Å²) < 4.78 is 6.14. The number of hydrogen-bond donors (Lipinski definition) is 0. The standard InChI is InChI=1S/C28H20N2O5S/c31-27-26(36-28(32)29(27)17-19-10-13-22(14-11-19)30(33)34)16-24-23-9-5-4-8-21(23)12-15-25(24)35-18-20-6-2-1-3-7-20/h1-16H,17-18H2. The minimum Gasteiger partial charge on any atom is -0.488 e. The van der Waals surface area contributed by atoms with Crippen molar-refractivity contribution in [3.8, 4) is 5.75 Å². The Bertz CT molecular complexity index is 1500. The third kappa shape index (κ3) is 4.85. The van der Waals surface area contributed by atoms with Crippen LogP contribution in [0.2, 0.25) is 0 Å². The molecule has 8 heteroatoms. The lowest BCUT2D eigenvalue weighted by molar-refractivity contribution is -0.384. The molecule has 0 unspecified atom stereocenters. The SMILES string of the molecule is O=C1SC(=Cc2c(OCc3ccccc3)ccc3ccccc23)C(=O)N1Cc1ccc([N+](=O)[O-])cc1. The van der Waals surface area contributed by atoms with Crippen molar-refractivity contribution in [2.75, 3.05) is 0 Å². The van der Waals surface area contributed by atoms with E-state index in [4.69, 9.17) is 4.74 Å². The molecule has 2 amide bonds. The van der Waals surface area contributed by atoms with Crippen LogP contribution >= 0.6 is 11.8 Å². The van der Waals surface area contributed by atoms with Crippen LogP contribution in [-0.2, 0) is 17.9 Å². The fourth-order valence-corrected chi connectivity index (χ4v) is 4.78. The fourth-order valence-electron chi connectivity index (χ4n) is 3.96. The predicted octanol–water partition coefficient (Wildman–Crippen LogP) is 6.56. The highest BCUT2D eigenvalue weighted by molar-refractivity contribution is 8.18. The lowest BCUT2D eigenvalue weighted by Gasteiger charge is -2.13. The summed E-state index contributed by atoms with van der Waals surface area (Å²) in [6.07, 6.45) is 1.71. The maximum atomic E-state index is 13.2. The molecule has 7 nitrogen and oxygen atoms in total. The topological polar surface area (TPSA) is 89.8 Å². The monoisotopic (exact) mass is 496 g/mol. The van der Waals surface area contributed by atoms with Crippen molar-refractivity contribution in [1.29, 1.82) is 0 Å². The van der Waals surface area contributed by atoms with Crippen LogP contribution < -0.4 is 4.74 Å². The van der Waals surface area contributed by atoms with E-state index in [9.17, 15) is 19.7 Å². The lowest BCUT2D eigenvalue weighted by atomic mass is 10.0. The van der Waals surface area contributed by atoms with Crippen molar-refractivity contribution in [2.45, 2.75) is 13.2 Å². The van der Waals surface area contributed by atoms with Crippen LogP contribution in [0.15, 0.2) is 95.9 Å². The minimum absolute atomic E-state index is 0.0346. The molecule has 0 aliphatic carbocycles. The van der Waals surface area contributed by atoms with Crippen molar-refractivity contribution >= 4 is 45.4 Å². The van der Waals surface area contributed by atoms with E-state index in [0.29, 0.717) is 22.8 Å². The second-order valence-corrected chi connectivity index (χ2v) is 9.16. The van der Waals surface area contributed by atoms with Crippen LogP contribution in [0.1, 0.15) is 16.7 Å². The van der Waals surface area contributed by atoms with Gasteiger partial charge in [-0.2, -0.15) is 0 Å². The number of carbonyl (C=O) groups excluding carboxylic acids is 2. The molecule has 1 aliphatic rings. The van der Waals surface area contributed by atoms with Gasteiger partial charge in [-0.15, -0.1) is 0 Å². The smallest absolute Gasteiger partial charge is 0.293 e. The number of nitrogens with zero attached hydrogens (tertiary/aromatic N) is 2. The summed E-state index contributed by atoms with van der Waals surface area (Å²) in [7, 11) is 0. The Morgan fingerprint density at radius 3 is 2.33 bits per heavy atom. The maximum Gasteiger partial charge on any atom is 0.293 e. The van der Waals surface area contributed by atoms with Crippen molar-refractivity contribution in [3.05, 3.63) is 123 Å². The van der Waals surface area contributed by atoms with E-state index in [-0.39, 0.29) is 12.2 Å². The molecule has 0 spiro atoms. The Morgan fingerprint density at radius 2 is 1.58 bits per heavy atom. The van der Waals surface area contributed by atoms with Gasteiger partial charge < -0.3 is 4.74 Å². The molecule has 5 rings (SSSR count). The first kappa shape index (κ1) is 23.3. The number of thioether (sulfide) groups is 1. The van der Waals surface area contributed by atoms with Crippen LogP contribution in [0.5, 0.6) is 5.75 Å². The number of rotatable bonds is 7. The molecule has 0 radical (unpaired) electrons. The number of fused-ring (bicyclic) bond motifs is 1. The van der Waals surface area contributed by atoms with E-state index < -0.39 is 16.1 Å². The average Bonchev–Trinajstić information content (AvgIpc) is 3.16. The van der Waals surface area contributed by atoms with Crippen LogP contribution in [0, 0.1) is 10.1 Å². The van der Waals surface area contributed by atoms with Gasteiger partial charge >= 0.3 is 0 Å². The molecule has 4 aromatic rings. The van der Waals surface area contributed by atoms with Gasteiger partial charge in [-0.3, -0.25) is 24.6 Å². The average molecular weight is 497 g/mol. The van der Waals surface area contributed by atoms with Gasteiger partial charge in [-0.25, -0.2) is 0 Å². The molecule has 1 fully saturated rings. The maximum absolute atomic E-state index is 13.2. The van der Waals surface area contributed by atoms with Crippen LogP contribution in [0.3, 0.4) is 0 Å². The normalized spacial score (nSPS) is 14.6. The summed E-state index contributed by atoms with van der Waals surface area (Å²) in [6, 6.07) is 27.2. The first-order valence-corrected chi connectivity index (χ1v) is 12.0. The number of amides is 2. The molecule has 0 aromatic heterocycles. The molecule has 4 aromatic carbocycles. The van der Waals surface area contributed by atoms with Crippen LogP contribution in [0.4, 0.5) is 10.5 Å². The molecule has 0 N–H and O–H groups in total. The Morgan fingerprint density at radius 1 is 0.861 bits per heavy atom. The molecule has 178 valence electrons. The zero-order valence-corrected chi connectivity index (χ0v) is 19.8. The summed E-state index contributed by atoms with van der Waals surface area (Å²) >= 11 is 0.870.